The molecular weight excluding hydrogens is 260 g/mol. The van der Waals surface area contributed by atoms with E-state index in [1.54, 1.807) is 6.92 Å². The zero-order valence-electron chi connectivity index (χ0n) is 9.85. The van der Waals surface area contributed by atoms with Gasteiger partial charge < -0.3 is 15.2 Å². The molecule has 0 saturated heterocycles. The van der Waals surface area contributed by atoms with Crippen LogP contribution in [0.5, 0.6) is 0 Å². The third kappa shape index (κ3) is 3.81. The Kier molecular flexibility index (Phi) is 4.78. The number of thiazole rings is 1. The lowest BCUT2D eigenvalue weighted by molar-refractivity contribution is -0.137. The van der Waals surface area contributed by atoms with Crippen LogP contribution in [0.4, 0.5) is 0 Å². The normalized spacial score (nSPS) is 9.89. The molecule has 1 aromatic rings. The highest BCUT2D eigenvalue weighted by Gasteiger charge is 2.19. The van der Waals surface area contributed by atoms with Gasteiger partial charge in [0.05, 0.1) is 24.2 Å². The third-order valence-electron chi connectivity index (χ3n) is 1.94. The van der Waals surface area contributed by atoms with Gasteiger partial charge in [-0.1, -0.05) is 0 Å². The van der Waals surface area contributed by atoms with Gasteiger partial charge in [-0.3, -0.25) is 9.59 Å². The Morgan fingerprint density at radius 3 is 2.67 bits per heavy atom. The molecule has 1 rings (SSSR count). The molecule has 0 aliphatic heterocycles. The summed E-state index contributed by atoms with van der Waals surface area (Å²) in [5, 5.41) is 11.2. The summed E-state index contributed by atoms with van der Waals surface area (Å²) in [5.74, 6) is -2.19. The van der Waals surface area contributed by atoms with E-state index in [1.807, 2.05) is 0 Å². The third-order valence-corrected chi connectivity index (χ3v) is 2.93. The molecule has 2 N–H and O–H groups in total. The Hall–Kier alpha value is -1.96. The van der Waals surface area contributed by atoms with Crippen LogP contribution in [0.15, 0.2) is 0 Å². The van der Waals surface area contributed by atoms with Crippen molar-refractivity contribution in [3.05, 3.63) is 15.6 Å². The number of carboxylic acids is 1. The first kappa shape index (κ1) is 14.1. The summed E-state index contributed by atoms with van der Waals surface area (Å²) in [7, 11) is 1.24. The Labute approximate surface area is 107 Å². The fourth-order valence-corrected chi connectivity index (χ4v) is 2.08. The van der Waals surface area contributed by atoms with Crippen LogP contribution in [0.2, 0.25) is 0 Å². The van der Waals surface area contributed by atoms with Gasteiger partial charge in [-0.2, -0.15) is 0 Å². The Bertz CT molecular complexity index is 483. The SMILES string of the molecule is COC(=O)c1sc(C)nc1CC(=O)NCC(=O)O. The van der Waals surface area contributed by atoms with Crippen molar-refractivity contribution in [1.29, 1.82) is 0 Å². The Morgan fingerprint density at radius 1 is 1.44 bits per heavy atom. The minimum Gasteiger partial charge on any atom is -0.480 e. The maximum absolute atomic E-state index is 11.4. The molecule has 98 valence electrons. The first-order valence-electron chi connectivity index (χ1n) is 4.97. The second-order valence-corrected chi connectivity index (χ2v) is 4.55. The molecule has 0 spiro atoms. The summed E-state index contributed by atoms with van der Waals surface area (Å²) >= 11 is 1.13. The van der Waals surface area contributed by atoms with Crippen LogP contribution >= 0.6 is 11.3 Å². The van der Waals surface area contributed by atoms with Crippen molar-refractivity contribution >= 4 is 29.2 Å². The molecule has 0 radical (unpaired) electrons. The number of carbonyl (C=O) groups excluding carboxylic acids is 2. The number of rotatable bonds is 5. The van der Waals surface area contributed by atoms with Crippen molar-refractivity contribution in [3.63, 3.8) is 0 Å². The number of ether oxygens (including phenoxy) is 1. The van der Waals surface area contributed by atoms with Gasteiger partial charge in [0.1, 0.15) is 11.4 Å². The van der Waals surface area contributed by atoms with Crippen LogP contribution < -0.4 is 5.32 Å². The molecule has 8 heteroatoms. The number of aliphatic carboxylic acids is 1. The van der Waals surface area contributed by atoms with Crippen LogP contribution in [-0.2, 0) is 20.7 Å². The number of hydrogen-bond donors (Lipinski definition) is 2. The molecule has 1 amide bonds. The van der Waals surface area contributed by atoms with Crippen molar-refractivity contribution < 1.29 is 24.2 Å². The summed E-state index contributed by atoms with van der Waals surface area (Å²) in [4.78, 5) is 37.4. The molecule has 1 aromatic heterocycles. The van der Waals surface area contributed by atoms with Gasteiger partial charge in [-0.15, -0.1) is 11.3 Å². The lowest BCUT2D eigenvalue weighted by atomic mass is 10.2. The number of esters is 1. The number of hydrogen-bond acceptors (Lipinski definition) is 6. The van der Waals surface area contributed by atoms with Gasteiger partial charge in [0.25, 0.3) is 0 Å². The zero-order chi connectivity index (χ0) is 13.7. The molecule has 0 saturated carbocycles. The first-order chi connectivity index (χ1) is 8.43. The fraction of sp³-hybridized carbons (Fsp3) is 0.400. The van der Waals surface area contributed by atoms with Crippen molar-refractivity contribution in [1.82, 2.24) is 10.3 Å². The second-order valence-electron chi connectivity index (χ2n) is 3.35. The van der Waals surface area contributed by atoms with E-state index in [1.165, 1.54) is 7.11 Å². The average Bonchev–Trinajstić information content (AvgIpc) is 2.66. The van der Waals surface area contributed by atoms with Gasteiger partial charge in [0.15, 0.2) is 0 Å². The van der Waals surface area contributed by atoms with Crippen LogP contribution in [-0.4, -0.2) is 41.6 Å². The summed E-state index contributed by atoms with van der Waals surface area (Å²) in [5.41, 5.74) is 0.298. The van der Waals surface area contributed by atoms with Gasteiger partial charge in [-0.25, -0.2) is 9.78 Å². The summed E-state index contributed by atoms with van der Waals surface area (Å²) in [6, 6.07) is 0. The van der Waals surface area contributed by atoms with Crippen molar-refractivity contribution in [2.24, 2.45) is 0 Å². The molecule has 0 aliphatic rings. The largest absolute Gasteiger partial charge is 0.480 e. The predicted octanol–water partition coefficient (Wildman–Crippen LogP) is -0.0186. The quantitative estimate of drug-likeness (QED) is 0.730. The minimum absolute atomic E-state index is 0.151. The van der Waals surface area contributed by atoms with E-state index in [9.17, 15) is 14.4 Å². The van der Waals surface area contributed by atoms with E-state index < -0.39 is 24.4 Å². The highest BCUT2D eigenvalue weighted by molar-refractivity contribution is 7.13. The maximum atomic E-state index is 11.4. The second kappa shape index (κ2) is 6.10. The van der Waals surface area contributed by atoms with Gasteiger partial charge in [-0.05, 0) is 6.92 Å². The summed E-state index contributed by atoms with van der Waals surface area (Å²) in [6.45, 7) is 1.24. The number of aromatic nitrogens is 1. The van der Waals surface area contributed by atoms with E-state index >= 15 is 0 Å². The molecular formula is C10H12N2O5S. The Morgan fingerprint density at radius 2 is 2.11 bits per heavy atom. The minimum atomic E-state index is -1.13. The van der Waals surface area contributed by atoms with Crippen molar-refractivity contribution in [2.45, 2.75) is 13.3 Å². The highest BCUT2D eigenvalue weighted by Crippen LogP contribution is 2.19. The number of nitrogens with zero attached hydrogens (tertiary/aromatic N) is 1. The molecule has 7 nitrogen and oxygen atoms in total. The molecule has 0 fully saturated rings. The van der Waals surface area contributed by atoms with E-state index in [-0.39, 0.29) is 11.3 Å². The molecule has 0 aliphatic carbocycles. The molecule has 18 heavy (non-hydrogen) atoms. The number of aryl methyl sites for hydroxylation is 1. The molecule has 0 aromatic carbocycles. The summed E-state index contributed by atoms with van der Waals surface area (Å²) in [6.07, 6.45) is -0.151. The van der Waals surface area contributed by atoms with E-state index in [0.717, 1.165) is 11.3 Å². The van der Waals surface area contributed by atoms with Gasteiger partial charge in [0.2, 0.25) is 5.91 Å². The number of nitrogens with one attached hydrogen (secondary N) is 1. The molecule has 0 unspecified atom stereocenters. The lowest BCUT2D eigenvalue weighted by Gasteiger charge is -2.02. The molecule has 0 atom stereocenters. The van der Waals surface area contributed by atoms with Crippen LogP contribution in [0.3, 0.4) is 0 Å². The molecule has 0 bridgehead atoms. The smallest absolute Gasteiger partial charge is 0.350 e. The van der Waals surface area contributed by atoms with E-state index in [2.05, 4.69) is 15.0 Å². The lowest BCUT2D eigenvalue weighted by Crippen LogP contribution is -2.30. The zero-order valence-corrected chi connectivity index (χ0v) is 10.7. The number of carbonyl (C=O) groups is 3. The fourth-order valence-electron chi connectivity index (χ4n) is 1.23. The predicted molar refractivity (Wildman–Crippen MR) is 62.5 cm³/mol. The standard InChI is InChI=1S/C10H12N2O5S/c1-5-12-6(9(18-5)10(16)17-2)3-7(13)11-4-8(14)15/h3-4H2,1-2H3,(H,11,13)(H,14,15). The van der Waals surface area contributed by atoms with Gasteiger partial charge >= 0.3 is 11.9 Å². The number of methoxy groups -OCH3 is 1. The average molecular weight is 272 g/mol. The van der Waals surface area contributed by atoms with E-state index in [0.29, 0.717) is 10.7 Å². The number of amides is 1. The van der Waals surface area contributed by atoms with Crippen LogP contribution in [0, 0.1) is 6.92 Å². The highest BCUT2D eigenvalue weighted by atomic mass is 32.1. The van der Waals surface area contributed by atoms with Gasteiger partial charge in [0, 0.05) is 0 Å². The summed E-state index contributed by atoms with van der Waals surface area (Å²) < 4.78 is 4.58. The topological polar surface area (TPSA) is 106 Å². The van der Waals surface area contributed by atoms with Crippen molar-refractivity contribution in [3.8, 4) is 0 Å². The van der Waals surface area contributed by atoms with Crippen LogP contribution in [0.1, 0.15) is 20.4 Å². The maximum Gasteiger partial charge on any atom is 0.350 e. The van der Waals surface area contributed by atoms with Crippen molar-refractivity contribution in [2.75, 3.05) is 13.7 Å². The molecule has 1 heterocycles. The Balaban J connectivity index is 2.74. The monoisotopic (exact) mass is 272 g/mol. The number of carboxylic acid groups (broad SMARTS) is 1. The van der Waals surface area contributed by atoms with Crippen LogP contribution in [0.25, 0.3) is 0 Å². The first-order valence-corrected chi connectivity index (χ1v) is 5.78. The van der Waals surface area contributed by atoms with E-state index in [4.69, 9.17) is 5.11 Å².